The van der Waals surface area contributed by atoms with Crippen LogP contribution in [0.25, 0.3) is 0 Å². The van der Waals surface area contributed by atoms with Gasteiger partial charge in [-0.3, -0.25) is 9.79 Å². The van der Waals surface area contributed by atoms with Crippen molar-refractivity contribution in [3.8, 4) is 11.5 Å². The minimum atomic E-state index is -0.280. The van der Waals surface area contributed by atoms with Crippen LogP contribution in [-0.2, 0) is 17.6 Å². The molecule has 4 rings (SSSR count). The molecule has 29 heavy (non-hydrogen) atoms. The number of ether oxygens (including phenoxy) is 2. The molecule has 0 unspecified atom stereocenters. The molecule has 0 radical (unpaired) electrons. The number of methoxy groups -OCH3 is 1. The molecule has 0 saturated carbocycles. The van der Waals surface area contributed by atoms with Gasteiger partial charge < -0.3 is 14.8 Å². The zero-order chi connectivity index (χ0) is 21.0. The highest BCUT2D eigenvalue weighted by Crippen LogP contribution is 2.47. The zero-order valence-electron chi connectivity index (χ0n) is 18.0. The zero-order valence-corrected chi connectivity index (χ0v) is 18.0. The third kappa shape index (κ3) is 3.61. The fraction of sp³-hybridized carbons (Fsp3) is 0.417. The van der Waals surface area contributed by atoms with Crippen molar-refractivity contribution in [2.45, 2.75) is 58.6 Å². The van der Waals surface area contributed by atoms with E-state index in [1.54, 1.807) is 7.11 Å². The average Bonchev–Trinajstić information content (AvgIpc) is 2.94. The molecule has 0 saturated heterocycles. The summed E-state index contributed by atoms with van der Waals surface area (Å²) >= 11 is 0. The Morgan fingerprint density at radius 2 is 1.83 bits per heavy atom. The van der Waals surface area contributed by atoms with Crippen LogP contribution in [0.2, 0.25) is 0 Å². The maximum Gasteiger partial charge on any atom is 0.221 e. The number of amides is 1. The largest absolute Gasteiger partial charge is 0.493 e. The highest BCUT2D eigenvalue weighted by molar-refractivity contribution is 6.16. The number of rotatable bonds is 3. The van der Waals surface area contributed by atoms with Gasteiger partial charge in [0.1, 0.15) is 5.60 Å². The predicted molar refractivity (Wildman–Crippen MR) is 116 cm³/mol. The molecule has 2 heterocycles. The molecule has 0 spiro atoms. The van der Waals surface area contributed by atoms with Gasteiger partial charge in [0.2, 0.25) is 5.91 Å². The van der Waals surface area contributed by atoms with E-state index in [1.807, 2.05) is 24.3 Å². The monoisotopic (exact) mass is 392 g/mol. The highest BCUT2D eigenvalue weighted by atomic mass is 16.5. The number of carbonyl (C=O) groups excluding carboxylic acids is 1. The molecule has 2 aliphatic rings. The van der Waals surface area contributed by atoms with Gasteiger partial charge in [-0.1, -0.05) is 12.1 Å². The van der Waals surface area contributed by atoms with Crippen molar-refractivity contribution in [3.63, 3.8) is 0 Å². The summed E-state index contributed by atoms with van der Waals surface area (Å²) in [5.74, 6) is 1.55. The molecule has 0 atom stereocenters. The van der Waals surface area contributed by atoms with Crippen molar-refractivity contribution in [1.29, 1.82) is 0 Å². The van der Waals surface area contributed by atoms with Crippen LogP contribution in [0, 0.1) is 0 Å². The molecule has 0 aliphatic carbocycles. The van der Waals surface area contributed by atoms with Gasteiger partial charge in [0.15, 0.2) is 11.5 Å². The van der Waals surface area contributed by atoms with E-state index in [0.717, 1.165) is 46.9 Å². The van der Waals surface area contributed by atoms with Gasteiger partial charge in [-0.25, -0.2) is 0 Å². The Bertz CT molecular complexity index is 1020. The Morgan fingerprint density at radius 3 is 2.45 bits per heavy atom. The molecule has 2 aromatic rings. The second-order valence-electron chi connectivity index (χ2n) is 9.17. The lowest BCUT2D eigenvalue weighted by Gasteiger charge is -2.31. The van der Waals surface area contributed by atoms with Gasteiger partial charge in [-0.15, -0.1) is 0 Å². The lowest BCUT2D eigenvalue weighted by Crippen LogP contribution is -2.30. The first-order chi connectivity index (χ1) is 13.6. The van der Waals surface area contributed by atoms with Crippen molar-refractivity contribution in [2.24, 2.45) is 4.99 Å². The molecule has 2 aliphatic heterocycles. The number of fused-ring (bicyclic) bond motifs is 3. The van der Waals surface area contributed by atoms with E-state index in [9.17, 15) is 4.79 Å². The van der Waals surface area contributed by atoms with E-state index < -0.39 is 0 Å². The molecule has 1 amide bonds. The van der Waals surface area contributed by atoms with Gasteiger partial charge in [0.25, 0.3) is 0 Å². The van der Waals surface area contributed by atoms with Crippen LogP contribution in [0.1, 0.15) is 56.9 Å². The Balaban J connectivity index is 1.88. The SMILES string of the molecule is COc1cc2c(c3c1OC(C)(C)C3)C(c1ccc(NC(C)=O)cc1)=NC(C)(C)C2. The van der Waals surface area contributed by atoms with Crippen LogP contribution in [0.5, 0.6) is 11.5 Å². The number of benzene rings is 2. The highest BCUT2D eigenvalue weighted by Gasteiger charge is 2.39. The Labute approximate surface area is 172 Å². The number of nitrogens with one attached hydrogen (secondary N) is 1. The third-order valence-electron chi connectivity index (χ3n) is 5.38. The molecule has 0 bridgehead atoms. The lowest BCUT2D eigenvalue weighted by atomic mass is 9.81. The van der Waals surface area contributed by atoms with E-state index in [2.05, 4.69) is 39.1 Å². The fourth-order valence-electron chi connectivity index (χ4n) is 4.34. The van der Waals surface area contributed by atoms with E-state index in [1.165, 1.54) is 18.1 Å². The Morgan fingerprint density at radius 1 is 1.14 bits per heavy atom. The standard InChI is InChI=1S/C24H28N2O3/c1-14(27)25-17-9-7-15(8-10-17)21-20-16(12-23(2,3)26-21)11-19(28-6)22-18(20)13-24(4,5)29-22/h7-11H,12-13H2,1-6H3,(H,25,27). The van der Waals surface area contributed by atoms with Crippen molar-refractivity contribution >= 4 is 17.3 Å². The van der Waals surface area contributed by atoms with E-state index >= 15 is 0 Å². The van der Waals surface area contributed by atoms with Crippen LogP contribution in [-0.4, -0.2) is 29.9 Å². The van der Waals surface area contributed by atoms with Crippen LogP contribution >= 0.6 is 0 Å². The van der Waals surface area contributed by atoms with Gasteiger partial charge in [-0.05, 0) is 57.9 Å². The minimum Gasteiger partial charge on any atom is -0.493 e. The number of hydrogen-bond donors (Lipinski definition) is 1. The topological polar surface area (TPSA) is 59.9 Å². The fourth-order valence-corrected chi connectivity index (χ4v) is 4.34. The lowest BCUT2D eigenvalue weighted by molar-refractivity contribution is -0.114. The smallest absolute Gasteiger partial charge is 0.221 e. The first-order valence-electron chi connectivity index (χ1n) is 9.98. The molecule has 152 valence electrons. The van der Waals surface area contributed by atoms with Crippen molar-refractivity contribution < 1.29 is 14.3 Å². The molecule has 5 heteroatoms. The Kier molecular flexibility index (Phi) is 4.45. The number of anilines is 1. The summed E-state index contributed by atoms with van der Waals surface area (Å²) in [4.78, 5) is 16.5. The summed E-state index contributed by atoms with van der Waals surface area (Å²) in [6.07, 6.45) is 1.66. The maximum absolute atomic E-state index is 11.3. The third-order valence-corrected chi connectivity index (χ3v) is 5.38. The van der Waals surface area contributed by atoms with Gasteiger partial charge in [-0.2, -0.15) is 0 Å². The molecular formula is C24H28N2O3. The van der Waals surface area contributed by atoms with Crippen molar-refractivity contribution in [2.75, 3.05) is 12.4 Å². The van der Waals surface area contributed by atoms with Gasteiger partial charge in [0, 0.05) is 35.7 Å². The maximum atomic E-state index is 11.3. The van der Waals surface area contributed by atoms with E-state index in [0.29, 0.717) is 0 Å². The summed E-state index contributed by atoms with van der Waals surface area (Å²) in [5.41, 5.74) is 5.87. The summed E-state index contributed by atoms with van der Waals surface area (Å²) in [5, 5.41) is 2.82. The molecule has 0 aromatic heterocycles. The van der Waals surface area contributed by atoms with Crippen LogP contribution in [0.4, 0.5) is 5.69 Å². The second kappa shape index (κ2) is 6.61. The minimum absolute atomic E-state index is 0.0801. The number of carbonyl (C=O) groups is 1. The Hall–Kier alpha value is -2.82. The van der Waals surface area contributed by atoms with E-state index in [4.69, 9.17) is 14.5 Å². The van der Waals surface area contributed by atoms with Crippen molar-refractivity contribution in [1.82, 2.24) is 0 Å². The van der Waals surface area contributed by atoms with Crippen LogP contribution in [0.15, 0.2) is 35.3 Å². The number of hydrogen-bond acceptors (Lipinski definition) is 4. The molecule has 2 aromatic carbocycles. The number of nitrogens with zero attached hydrogens (tertiary/aromatic N) is 1. The predicted octanol–water partition coefficient (Wildman–Crippen LogP) is 4.54. The normalized spacial score (nSPS) is 18.2. The molecule has 5 nitrogen and oxygen atoms in total. The first-order valence-corrected chi connectivity index (χ1v) is 9.98. The van der Waals surface area contributed by atoms with E-state index in [-0.39, 0.29) is 17.0 Å². The average molecular weight is 392 g/mol. The summed E-state index contributed by atoms with van der Waals surface area (Å²) < 4.78 is 11.9. The van der Waals surface area contributed by atoms with Gasteiger partial charge >= 0.3 is 0 Å². The summed E-state index contributed by atoms with van der Waals surface area (Å²) in [6, 6.07) is 9.99. The molecular weight excluding hydrogens is 364 g/mol. The van der Waals surface area contributed by atoms with Crippen LogP contribution in [0.3, 0.4) is 0 Å². The number of aliphatic imine (C=N–C) groups is 1. The summed E-state index contributed by atoms with van der Waals surface area (Å²) in [6.45, 7) is 10.0. The summed E-state index contributed by atoms with van der Waals surface area (Å²) in [7, 11) is 1.69. The van der Waals surface area contributed by atoms with Crippen LogP contribution < -0.4 is 14.8 Å². The quantitative estimate of drug-likeness (QED) is 0.834. The van der Waals surface area contributed by atoms with Gasteiger partial charge in [0.05, 0.1) is 18.4 Å². The molecule has 0 fully saturated rings. The molecule has 1 N–H and O–H groups in total. The van der Waals surface area contributed by atoms with Crippen molar-refractivity contribution in [3.05, 3.63) is 52.6 Å². The first kappa shape index (κ1) is 19.5. The second-order valence-corrected chi connectivity index (χ2v) is 9.17.